The van der Waals surface area contributed by atoms with E-state index >= 15 is 0 Å². The summed E-state index contributed by atoms with van der Waals surface area (Å²) in [6.07, 6.45) is 2.47. The third-order valence-corrected chi connectivity index (χ3v) is 10.7. The second-order valence-corrected chi connectivity index (χ2v) is 17.1. The Morgan fingerprint density at radius 3 is 2.41 bits per heavy atom. The number of phenolic OH excluding ortho intramolecular Hbond substituents is 1. The Balaban J connectivity index is 1.44. The van der Waals surface area contributed by atoms with Gasteiger partial charge in [-0.1, -0.05) is 26.8 Å². The Kier molecular flexibility index (Phi) is 9.38. The minimum Gasteiger partial charge on any atom is -0.508 e. The van der Waals surface area contributed by atoms with Crippen LogP contribution in [0.4, 0.5) is 4.79 Å². The lowest BCUT2D eigenvalue weighted by molar-refractivity contribution is -0.143. The minimum absolute atomic E-state index is 0.00610. The molecule has 49 heavy (non-hydrogen) atoms. The number of aromatic hydroxyl groups is 1. The number of hydrogen-bond donors (Lipinski definition) is 4. The van der Waals surface area contributed by atoms with Crippen LogP contribution in [0.25, 0.3) is 10.8 Å². The van der Waals surface area contributed by atoms with Crippen molar-refractivity contribution in [3.8, 4) is 11.6 Å². The van der Waals surface area contributed by atoms with Gasteiger partial charge in [0, 0.05) is 23.9 Å². The van der Waals surface area contributed by atoms with E-state index in [0.717, 1.165) is 0 Å². The molecule has 0 spiro atoms. The zero-order valence-electron chi connectivity index (χ0n) is 28.6. The zero-order chi connectivity index (χ0) is 36.1. The molecule has 3 fully saturated rings. The molecule has 1 aromatic heterocycles. The van der Waals surface area contributed by atoms with Crippen LogP contribution in [-0.4, -0.2) is 88.3 Å². The molecule has 266 valence electrons. The molecule has 3 aliphatic rings. The molecule has 4 N–H and O–H groups in total. The SMILES string of the molecule is C=C[C@@H]1C[C@]1(NC(=O)[C@@H]1C[C@@H](Oc2nccc3cc(O)ccc23)CN1C(=O)[C@@H](NC(=O)OC(C)(C)C)C(C)(C)C)C(=O)NS(=O)(=O)C1CC1. The van der Waals surface area contributed by atoms with Crippen LogP contribution in [0.2, 0.25) is 0 Å². The lowest BCUT2D eigenvalue weighted by Crippen LogP contribution is -2.60. The number of carbonyl (C=O) groups is 4. The quantitative estimate of drug-likeness (QED) is 0.268. The number of rotatable bonds is 10. The predicted octanol–water partition coefficient (Wildman–Crippen LogP) is 2.90. The lowest BCUT2D eigenvalue weighted by Gasteiger charge is -2.36. The van der Waals surface area contributed by atoms with Gasteiger partial charge >= 0.3 is 6.09 Å². The fourth-order valence-corrected chi connectivity index (χ4v) is 7.39. The Hall–Kier alpha value is -4.40. The number of phenols is 1. The van der Waals surface area contributed by atoms with E-state index in [-0.39, 0.29) is 31.0 Å². The standard InChI is InChI=1S/C34H45N5O9S/c1-8-20-17-34(20,30(43)38-49(45,46)23-10-11-23)37-27(41)25-16-22(47-28-24-12-9-21(40)15-19(24)13-14-35-28)18-39(25)29(42)26(32(2,3)4)36-31(44)48-33(5,6)7/h8-9,12-15,20,22-23,25-26,40H,1,10-11,16-18H2,2-7H3,(H,36,44)(H,37,41)(H,38,43)/t20-,22-,25+,26-,34-/m1/s1. The molecular formula is C34H45N5O9S. The second kappa shape index (κ2) is 12.8. The van der Waals surface area contributed by atoms with Crippen LogP contribution in [0.1, 0.15) is 67.2 Å². The number of likely N-dealkylation sites (tertiary alicyclic amines) is 1. The van der Waals surface area contributed by atoms with E-state index in [2.05, 4.69) is 26.9 Å². The van der Waals surface area contributed by atoms with Crippen molar-refractivity contribution in [3.63, 3.8) is 0 Å². The number of sulfonamides is 1. The van der Waals surface area contributed by atoms with Crippen LogP contribution in [0.3, 0.4) is 0 Å². The number of alkyl carbamates (subject to hydrolysis) is 1. The minimum atomic E-state index is -3.90. The number of nitrogens with zero attached hydrogens (tertiary/aromatic N) is 2. The first-order valence-corrected chi connectivity index (χ1v) is 17.8. The molecular weight excluding hydrogens is 654 g/mol. The molecule has 15 heteroatoms. The second-order valence-electron chi connectivity index (χ2n) is 15.1. The van der Waals surface area contributed by atoms with Crippen molar-refractivity contribution < 1.29 is 42.2 Å². The Labute approximate surface area is 286 Å². The summed E-state index contributed by atoms with van der Waals surface area (Å²) in [5, 5.41) is 16.0. The van der Waals surface area contributed by atoms with Gasteiger partial charge < -0.3 is 30.1 Å². The first kappa shape index (κ1) is 35.9. The molecule has 0 unspecified atom stereocenters. The van der Waals surface area contributed by atoms with Crippen LogP contribution in [-0.2, 0) is 29.1 Å². The zero-order valence-corrected chi connectivity index (χ0v) is 29.4. The molecule has 4 amide bonds. The van der Waals surface area contributed by atoms with Crippen molar-refractivity contribution in [2.24, 2.45) is 11.3 Å². The monoisotopic (exact) mass is 699 g/mol. The molecule has 1 aromatic carbocycles. The first-order valence-electron chi connectivity index (χ1n) is 16.3. The number of hydrogen-bond acceptors (Lipinski definition) is 10. The molecule has 14 nitrogen and oxygen atoms in total. The highest BCUT2D eigenvalue weighted by atomic mass is 32.2. The van der Waals surface area contributed by atoms with E-state index in [0.29, 0.717) is 23.6 Å². The number of nitrogens with one attached hydrogen (secondary N) is 3. The first-order chi connectivity index (χ1) is 22.7. The number of fused-ring (bicyclic) bond motifs is 1. The van der Waals surface area contributed by atoms with Gasteiger partial charge in [0.2, 0.25) is 27.7 Å². The Bertz CT molecular complexity index is 1780. The molecule has 2 aromatic rings. The fraction of sp³-hybridized carbons (Fsp3) is 0.559. The Morgan fingerprint density at radius 1 is 1.12 bits per heavy atom. The number of carbonyl (C=O) groups excluding carboxylic acids is 4. The third kappa shape index (κ3) is 7.92. The molecule has 2 aliphatic carbocycles. The van der Waals surface area contributed by atoms with E-state index in [4.69, 9.17) is 9.47 Å². The number of benzene rings is 1. The van der Waals surface area contributed by atoms with Crippen LogP contribution in [0.5, 0.6) is 11.6 Å². The maximum Gasteiger partial charge on any atom is 0.408 e. The number of ether oxygens (including phenoxy) is 2. The smallest absolute Gasteiger partial charge is 0.408 e. The number of amides is 4. The van der Waals surface area contributed by atoms with E-state index in [1.807, 2.05) is 0 Å². The molecule has 1 aliphatic heterocycles. The summed E-state index contributed by atoms with van der Waals surface area (Å²) in [5.41, 5.74) is -3.22. The predicted molar refractivity (Wildman–Crippen MR) is 180 cm³/mol. The van der Waals surface area contributed by atoms with Crippen molar-refractivity contribution in [1.82, 2.24) is 25.2 Å². The van der Waals surface area contributed by atoms with Crippen molar-refractivity contribution in [2.75, 3.05) is 6.54 Å². The third-order valence-electron chi connectivity index (χ3n) is 8.86. The molecule has 0 radical (unpaired) electrons. The van der Waals surface area contributed by atoms with Crippen LogP contribution in [0, 0.1) is 11.3 Å². The maximum absolute atomic E-state index is 14.4. The van der Waals surface area contributed by atoms with Crippen molar-refractivity contribution in [1.29, 1.82) is 0 Å². The summed E-state index contributed by atoms with van der Waals surface area (Å²) >= 11 is 0. The number of pyridine rings is 1. The highest BCUT2D eigenvalue weighted by Crippen LogP contribution is 2.45. The van der Waals surface area contributed by atoms with Gasteiger partial charge in [0.1, 0.15) is 35.1 Å². The lowest BCUT2D eigenvalue weighted by atomic mass is 9.85. The van der Waals surface area contributed by atoms with Gasteiger partial charge in [0.05, 0.1) is 11.8 Å². The summed E-state index contributed by atoms with van der Waals surface area (Å²) < 4.78 is 39.1. The average molecular weight is 700 g/mol. The van der Waals surface area contributed by atoms with Crippen molar-refractivity contribution in [2.45, 2.75) is 102 Å². The van der Waals surface area contributed by atoms with Gasteiger partial charge in [0.25, 0.3) is 5.91 Å². The summed E-state index contributed by atoms with van der Waals surface area (Å²) in [7, 11) is -3.90. The van der Waals surface area contributed by atoms with Crippen LogP contribution in [0.15, 0.2) is 43.1 Å². The molecule has 5 rings (SSSR count). The van der Waals surface area contributed by atoms with Crippen LogP contribution < -0.4 is 20.1 Å². The van der Waals surface area contributed by atoms with Crippen molar-refractivity contribution >= 4 is 44.6 Å². The van der Waals surface area contributed by atoms with E-state index < -0.39 is 79.7 Å². The topological polar surface area (TPSA) is 193 Å². The maximum atomic E-state index is 14.4. The Morgan fingerprint density at radius 2 is 1.82 bits per heavy atom. The molecule has 1 saturated heterocycles. The van der Waals surface area contributed by atoms with Crippen molar-refractivity contribution in [3.05, 3.63) is 43.1 Å². The highest BCUT2D eigenvalue weighted by molar-refractivity contribution is 7.91. The fourth-order valence-electron chi connectivity index (χ4n) is 6.02. The van der Waals surface area contributed by atoms with Gasteiger partial charge in [0.15, 0.2) is 0 Å². The van der Waals surface area contributed by atoms with Crippen LogP contribution >= 0.6 is 0 Å². The average Bonchev–Trinajstić information content (AvgIpc) is 3.91. The van der Waals surface area contributed by atoms with Gasteiger partial charge in [-0.2, -0.15) is 0 Å². The van der Waals surface area contributed by atoms with E-state index in [1.54, 1.807) is 59.7 Å². The molecule has 5 atom stereocenters. The summed E-state index contributed by atoms with van der Waals surface area (Å²) in [6.45, 7) is 14.1. The van der Waals surface area contributed by atoms with Gasteiger partial charge in [-0.05, 0) is 75.1 Å². The van der Waals surface area contributed by atoms with Gasteiger partial charge in [-0.15, -0.1) is 6.58 Å². The summed E-state index contributed by atoms with van der Waals surface area (Å²) in [4.78, 5) is 60.4. The van der Waals surface area contributed by atoms with E-state index in [1.165, 1.54) is 23.2 Å². The van der Waals surface area contributed by atoms with Gasteiger partial charge in [-0.25, -0.2) is 18.2 Å². The summed E-state index contributed by atoms with van der Waals surface area (Å²) in [5.74, 6) is -2.37. The number of aromatic nitrogens is 1. The largest absolute Gasteiger partial charge is 0.508 e. The normalized spacial score (nSPS) is 24.4. The van der Waals surface area contributed by atoms with E-state index in [9.17, 15) is 32.7 Å². The molecule has 2 saturated carbocycles. The highest BCUT2D eigenvalue weighted by Gasteiger charge is 2.62. The van der Waals surface area contributed by atoms with Gasteiger partial charge in [-0.3, -0.25) is 19.1 Å². The molecule has 2 heterocycles. The summed E-state index contributed by atoms with van der Waals surface area (Å²) in [6, 6.07) is 4.11. The molecule has 0 bridgehead atoms.